The molecule has 44 heavy (non-hydrogen) atoms. The summed E-state index contributed by atoms with van der Waals surface area (Å²) in [6, 6.07) is 22.6. The topological polar surface area (TPSA) is 94.1 Å². The van der Waals surface area contributed by atoms with Gasteiger partial charge in [-0.15, -0.1) is 0 Å². The molecule has 230 valence electrons. The first-order valence-corrected chi connectivity index (χ1v) is 14.3. The lowest BCUT2D eigenvalue weighted by molar-refractivity contribution is -0.115. The monoisotopic (exact) mass is 600 g/mol. The lowest BCUT2D eigenvalue weighted by Crippen LogP contribution is -2.47. The van der Waals surface area contributed by atoms with E-state index in [4.69, 9.17) is 37.9 Å². The third-order valence-corrected chi connectivity index (χ3v) is 8.46. The van der Waals surface area contributed by atoms with Gasteiger partial charge in [-0.2, -0.15) is 0 Å². The Labute approximate surface area is 256 Å². The zero-order chi connectivity index (χ0) is 31.0. The average molecular weight is 601 g/mol. The van der Waals surface area contributed by atoms with Crippen molar-refractivity contribution < 1.29 is 43.0 Å². The number of para-hydroxylation sites is 2. The predicted molar refractivity (Wildman–Crippen MR) is 164 cm³/mol. The third kappa shape index (κ3) is 4.77. The Balaban J connectivity index is 1.75. The quantitative estimate of drug-likeness (QED) is 0.235. The molecule has 0 aromatic heterocycles. The minimum atomic E-state index is -1.52. The number of hydrogen-bond donors (Lipinski definition) is 1. The summed E-state index contributed by atoms with van der Waals surface area (Å²) in [6.07, 6.45) is -1.65. The van der Waals surface area contributed by atoms with Gasteiger partial charge in [-0.3, -0.25) is 0 Å². The Morgan fingerprint density at radius 1 is 0.705 bits per heavy atom. The molecular formula is C35H36O9. The smallest absolute Gasteiger partial charge is 0.231 e. The molecule has 6 rings (SSSR count). The molecule has 4 atom stereocenters. The van der Waals surface area contributed by atoms with Crippen LogP contribution in [0.2, 0.25) is 0 Å². The van der Waals surface area contributed by atoms with Crippen molar-refractivity contribution >= 4 is 0 Å². The van der Waals surface area contributed by atoms with Crippen LogP contribution in [-0.4, -0.2) is 45.9 Å². The summed E-state index contributed by atoms with van der Waals surface area (Å²) >= 11 is 0. The van der Waals surface area contributed by atoms with Gasteiger partial charge < -0.3 is 43.0 Å². The fraction of sp³-hybridized carbons (Fsp3) is 0.314. The van der Waals surface area contributed by atoms with Crippen molar-refractivity contribution in [3.8, 4) is 57.1 Å². The summed E-state index contributed by atoms with van der Waals surface area (Å²) in [4.78, 5) is 0. The summed E-state index contributed by atoms with van der Waals surface area (Å²) in [5.41, 5.74) is 0.986. The first kappa shape index (κ1) is 29.3. The Kier molecular flexibility index (Phi) is 7.82. The minimum Gasteiger partial charge on any atom is -0.493 e. The average Bonchev–Trinajstić information content (AvgIpc) is 3.53. The van der Waals surface area contributed by atoms with E-state index in [0.717, 1.165) is 0 Å². The summed E-state index contributed by atoms with van der Waals surface area (Å²) in [5.74, 6) is 3.18. The van der Waals surface area contributed by atoms with Crippen LogP contribution in [-0.2, 0) is 0 Å². The van der Waals surface area contributed by atoms with E-state index in [1.807, 2.05) is 79.7 Å². The predicted octanol–water partition coefficient (Wildman–Crippen LogP) is 6.76. The van der Waals surface area contributed by atoms with Gasteiger partial charge in [0.25, 0.3) is 0 Å². The van der Waals surface area contributed by atoms with Crippen molar-refractivity contribution in [1.82, 2.24) is 0 Å². The van der Waals surface area contributed by atoms with E-state index in [2.05, 4.69) is 0 Å². The molecule has 1 heterocycles. The number of benzene rings is 4. The number of ether oxygens (including phenoxy) is 8. The first-order chi connectivity index (χ1) is 21.3. The standard InChI is InChI=1S/C35H36O9/c1-20-29(43-21-13-9-7-10-14-21)23-17-26-31(42-19-41-26)33(40-6)27(23)28-24(18-25(37-3)30(38-4)32(28)39-5)34(35(20,2)36)44-22-15-11-8-12-16-22/h7-18,20,29,34,36H,19H2,1-6H3/t20-,29+,34-,35-/m0/s1. The molecular weight excluding hydrogens is 564 g/mol. The second-order valence-corrected chi connectivity index (χ2v) is 10.9. The normalized spacial score (nSPS) is 21.7. The van der Waals surface area contributed by atoms with Crippen molar-refractivity contribution in [2.45, 2.75) is 31.7 Å². The Hall–Kier alpha value is -4.76. The van der Waals surface area contributed by atoms with Gasteiger partial charge in [0.1, 0.15) is 23.2 Å². The van der Waals surface area contributed by atoms with Crippen molar-refractivity contribution in [2.24, 2.45) is 5.92 Å². The SMILES string of the molecule is COc1cc2c(c(OC)c1OC)-c1c(cc3c(c1OC)OCO3)[C@H](Oc1ccccc1)[C@H](C)[C@](C)(O)[C@H]2Oc1ccccc1. The minimum absolute atomic E-state index is 0.0295. The molecule has 0 bridgehead atoms. The summed E-state index contributed by atoms with van der Waals surface area (Å²) in [5, 5.41) is 12.7. The van der Waals surface area contributed by atoms with Crippen molar-refractivity contribution in [1.29, 1.82) is 0 Å². The van der Waals surface area contributed by atoms with Gasteiger partial charge in [0, 0.05) is 28.2 Å². The second kappa shape index (κ2) is 11.7. The van der Waals surface area contributed by atoms with Crippen LogP contribution >= 0.6 is 0 Å². The van der Waals surface area contributed by atoms with Gasteiger partial charge in [0.2, 0.25) is 18.3 Å². The van der Waals surface area contributed by atoms with Crippen LogP contribution in [0.15, 0.2) is 72.8 Å². The number of methoxy groups -OCH3 is 4. The summed E-state index contributed by atoms with van der Waals surface area (Å²) in [6.45, 7) is 3.73. The molecule has 0 spiro atoms. The van der Waals surface area contributed by atoms with E-state index in [1.54, 1.807) is 35.4 Å². The highest BCUT2D eigenvalue weighted by Gasteiger charge is 2.51. The lowest BCUT2D eigenvalue weighted by Gasteiger charge is -2.44. The van der Waals surface area contributed by atoms with E-state index in [9.17, 15) is 5.11 Å². The Bertz CT molecular complexity index is 1640. The zero-order valence-corrected chi connectivity index (χ0v) is 25.6. The van der Waals surface area contributed by atoms with Gasteiger partial charge in [0.05, 0.1) is 28.4 Å². The first-order valence-electron chi connectivity index (χ1n) is 14.3. The second-order valence-electron chi connectivity index (χ2n) is 10.9. The molecule has 2 aliphatic rings. The van der Waals surface area contributed by atoms with Crippen molar-refractivity contribution in [3.63, 3.8) is 0 Å². The maximum atomic E-state index is 12.7. The number of aliphatic hydroxyl groups is 1. The van der Waals surface area contributed by atoms with Crippen LogP contribution in [0.4, 0.5) is 0 Å². The van der Waals surface area contributed by atoms with E-state index < -0.39 is 23.7 Å². The van der Waals surface area contributed by atoms with Crippen molar-refractivity contribution in [3.05, 3.63) is 83.9 Å². The molecule has 9 nitrogen and oxygen atoms in total. The molecule has 1 aliphatic heterocycles. The van der Waals surface area contributed by atoms with Gasteiger partial charge in [-0.05, 0) is 43.3 Å². The highest BCUT2D eigenvalue weighted by Crippen LogP contribution is 2.61. The zero-order valence-electron chi connectivity index (χ0n) is 25.6. The fourth-order valence-electron chi connectivity index (χ4n) is 6.11. The maximum Gasteiger partial charge on any atom is 0.231 e. The van der Waals surface area contributed by atoms with Crippen LogP contribution in [0.25, 0.3) is 11.1 Å². The van der Waals surface area contributed by atoms with E-state index in [1.165, 1.54) is 0 Å². The van der Waals surface area contributed by atoms with Gasteiger partial charge in [-0.25, -0.2) is 0 Å². The lowest BCUT2D eigenvalue weighted by atomic mass is 9.71. The molecule has 0 unspecified atom stereocenters. The van der Waals surface area contributed by atoms with Gasteiger partial charge >= 0.3 is 0 Å². The maximum absolute atomic E-state index is 12.7. The van der Waals surface area contributed by atoms with E-state index in [0.29, 0.717) is 68.2 Å². The van der Waals surface area contributed by atoms with Crippen molar-refractivity contribution in [2.75, 3.05) is 35.2 Å². The third-order valence-electron chi connectivity index (χ3n) is 8.46. The summed E-state index contributed by atoms with van der Waals surface area (Å²) in [7, 11) is 6.23. The largest absolute Gasteiger partial charge is 0.493 e. The molecule has 0 radical (unpaired) electrons. The van der Waals surface area contributed by atoms with Gasteiger partial charge in [-0.1, -0.05) is 43.3 Å². The Morgan fingerprint density at radius 3 is 1.89 bits per heavy atom. The van der Waals surface area contributed by atoms with E-state index in [-0.39, 0.29) is 6.79 Å². The summed E-state index contributed by atoms with van der Waals surface area (Å²) < 4.78 is 49.1. The Morgan fingerprint density at radius 2 is 1.30 bits per heavy atom. The molecule has 9 heteroatoms. The van der Waals surface area contributed by atoms with Crippen LogP contribution in [0.3, 0.4) is 0 Å². The number of fused-ring (bicyclic) bond motifs is 4. The molecule has 0 fully saturated rings. The molecule has 0 amide bonds. The van der Waals surface area contributed by atoms with Crippen LogP contribution in [0.5, 0.6) is 46.0 Å². The molecule has 4 aromatic rings. The van der Waals surface area contributed by atoms with Crippen LogP contribution in [0, 0.1) is 5.92 Å². The molecule has 4 aromatic carbocycles. The van der Waals surface area contributed by atoms with E-state index >= 15 is 0 Å². The highest BCUT2D eigenvalue weighted by molar-refractivity contribution is 5.89. The van der Waals surface area contributed by atoms with Crippen LogP contribution in [0.1, 0.15) is 37.2 Å². The number of hydrogen-bond acceptors (Lipinski definition) is 9. The van der Waals surface area contributed by atoms with Gasteiger partial charge in [0.15, 0.2) is 29.1 Å². The highest BCUT2D eigenvalue weighted by atomic mass is 16.7. The number of rotatable bonds is 8. The molecule has 0 saturated heterocycles. The fourth-order valence-corrected chi connectivity index (χ4v) is 6.11. The molecule has 1 N–H and O–H groups in total. The molecule has 1 aliphatic carbocycles. The molecule has 0 saturated carbocycles. The van der Waals surface area contributed by atoms with Crippen LogP contribution < -0.4 is 37.9 Å².